The maximum atomic E-state index is 12.3. The van der Waals surface area contributed by atoms with Crippen LogP contribution in [0, 0.1) is 0 Å². The number of methoxy groups -OCH3 is 1. The number of carbonyl (C=O) groups is 1. The molecule has 112 valence electrons. The summed E-state index contributed by atoms with van der Waals surface area (Å²) in [5, 5.41) is 0. The van der Waals surface area contributed by atoms with Crippen LogP contribution in [0.5, 0.6) is 0 Å². The van der Waals surface area contributed by atoms with E-state index in [0.29, 0.717) is 12.1 Å². The van der Waals surface area contributed by atoms with Gasteiger partial charge in [0.2, 0.25) is 0 Å². The molecule has 0 aliphatic rings. The zero-order valence-corrected chi connectivity index (χ0v) is 12.0. The Bertz CT molecular complexity index is 692. The van der Waals surface area contributed by atoms with E-state index in [9.17, 15) is 9.59 Å². The van der Waals surface area contributed by atoms with Crippen LogP contribution in [0.15, 0.2) is 35.3 Å². The van der Waals surface area contributed by atoms with Crippen LogP contribution < -0.4 is 5.56 Å². The second-order valence-electron chi connectivity index (χ2n) is 4.36. The van der Waals surface area contributed by atoms with E-state index in [1.807, 2.05) is 6.07 Å². The molecule has 0 radical (unpaired) electrons. The molecule has 0 bridgehead atoms. The van der Waals surface area contributed by atoms with Gasteiger partial charge in [-0.2, -0.15) is 0 Å². The van der Waals surface area contributed by atoms with Crippen molar-refractivity contribution in [3.05, 3.63) is 51.9 Å². The van der Waals surface area contributed by atoms with Crippen LogP contribution >= 0.6 is 0 Å². The van der Waals surface area contributed by atoms with Gasteiger partial charge < -0.3 is 14.2 Å². The molecule has 2 rings (SSSR count). The van der Waals surface area contributed by atoms with Crippen LogP contribution in [-0.2, 0) is 20.8 Å². The molecule has 0 fully saturated rings. The summed E-state index contributed by atoms with van der Waals surface area (Å²) in [7, 11) is 1.54. The number of hydrogen-bond donors (Lipinski definition) is 0. The highest BCUT2D eigenvalue weighted by Crippen LogP contribution is 2.07. The van der Waals surface area contributed by atoms with Crippen molar-refractivity contribution >= 4 is 11.5 Å². The molecule has 6 heteroatoms. The Morgan fingerprint density at radius 2 is 2.00 bits per heavy atom. The van der Waals surface area contributed by atoms with E-state index in [1.54, 1.807) is 25.3 Å². The van der Waals surface area contributed by atoms with Gasteiger partial charge in [-0.15, -0.1) is 0 Å². The Labute approximate surface area is 121 Å². The largest absolute Gasteiger partial charge is 0.462 e. The minimum absolute atomic E-state index is 0.0179. The molecule has 0 aliphatic carbocycles. The predicted molar refractivity (Wildman–Crippen MR) is 76.3 cm³/mol. The molecule has 0 saturated carbocycles. The Morgan fingerprint density at radius 1 is 1.24 bits per heavy atom. The van der Waals surface area contributed by atoms with Crippen LogP contribution in [0.25, 0.3) is 5.52 Å². The van der Waals surface area contributed by atoms with E-state index in [1.165, 1.54) is 17.6 Å². The number of esters is 1. The standard InChI is InChI=1S/C15H17NO5/c1-3-21-15(18)13-7-6-12-5-4-11(9-20-10-19-2)8-16(12)14(13)17/h4-8H,3,9-10H2,1-2H3. The lowest BCUT2D eigenvalue weighted by atomic mass is 10.2. The van der Waals surface area contributed by atoms with Gasteiger partial charge >= 0.3 is 5.97 Å². The van der Waals surface area contributed by atoms with Crippen molar-refractivity contribution in [1.29, 1.82) is 0 Å². The topological polar surface area (TPSA) is 66.2 Å². The summed E-state index contributed by atoms with van der Waals surface area (Å²) >= 11 is 0. The highest BCUT2D eigenvalue weighted by molar-refractivity contribution is 5.89. The van der Waals surface area contributed by atoms with E-state index >= 15 is 0 Å². The lowest BCUT2D eigenvalue weighted by molar-refractivity contribution is -0.0391. The van der Waals surface area contributed by atoms with Crippen LogP contribution in [0.2, 0.25) is 0 Å². The zero-order valence-electron chi connectivity index (χ0n) is 12.0. The fourth-order valence-corrected chi connectivity index (χ4v) is 1.93. The van der Waals surface area contributed by atoms with Crippen molar-refractivity contribution in [3.8, 4) is 0 Å². The molecule has 6 nitrogen and oxygen atoms in total. The molecule has 2 aromatic rings. The van der Waals surface area contributed by atoms with Crippen LogP contribution in [-0.4, -0.2) is 30.9 Å². The molecule has 0 N–H and O–H groups in total. The number of fused-ring (bicyclic) bond motifs is 1. The molecule has 0 aliphatic heterocycles. The van der Waals surface area contributed by atoms with Gasteiger partial charge in [-0.25, -0.2) is 4.79 Å². The predicted octanol–water partition coefficient (Wildman–Crippen LogP) is 1.60. The monoisotopic (exact) mass is 291 g/mol. The molecule has 0 amide bonds. The number of carbonyl (C=O) groups excluding carboxylic acids is 1. The van der Waals surface area contributed by atoms with Crippen LogP contribution in [0.3, 0.4) is 0 Å². The molecule has 2 aromatic heterocycles. The van der Waals surface area contributed by atoms with Crippen molar-refractivity contribution in [3.63, 3.8) is 0 Å². The summed E-state index contributed by atoms with van der Waals surface area (Å²) < 4.78 is 16.3. The van der Waals surface area contributed by atoms with Gasteiger partial charge in [0.15, 0.2) is 0 Å². The Morgan fingerprint density at radius 3 is 2.71 bits per heavy atom. The van der Waals surface area contributed by atoms with Gasteiger partial charge in [-0.1, -0.05) is 6.07 Å². The molecular weight excluding hydrogens is 274 g/mol. The second kappa shape index (κ2) is 7.01. The quantitative estimate of drug-likeness (QED) is 0.459. The summed E-state index contributed by atoms with van der Waals surface area (Å²) in [6.07, 6.45) is 1.65. The van der Waals surface area contributed by atoms with Gasteiger partial charge in [0.1, 0.15) is 12.4 Å². The van der Waals surface area contributed by atoms with Crippen molar-refractivity contribution in [2.24, 2.45) is 0 Å². The summed E-state index contributed by atoms with van der Waals surface area (Å²) in [6.45, 7) is 2.42. The van der Waals surface area contributed by atoms with Crippen molar-refractivity contribution in [1.82, 2.24) is 4.40 Å². The molecule has 0 unspecified atom stereocenters. The van der Waals surface area contributed by atoms with E-state index < -0.39 is 11.5 Å². The number of ether oxygens (including phenoxy) is 3. The van der Waals surface area contributed by atoms with Gasteiger partial charge in [0, 0.05) is 18.8 Å². The minimum atomic E-state index is -0.613. The van der Waals surface area contributed by atoms with E-state index in [0.717, 1.165) is 5.56 Å². The summed E-state index contributed by atoms with van der Waals surface area (Å²) in [4.78, 5) is 24.1. The molecular formula is C15H17NO5. The fourth-order valence-electron chi connectivity index (χ4n) is 1.93. The number of nitrogens with zero attached hydrogens (tertiary/aromatic N) is 1. The normalized spacial score (nSPS) is 10.8. The van der Waals surface area contributed by atoms with Crippen molar-refractivity contribution in [2.45, 2.75) is 13.5 Å². The van der Waals surface area contributed by atoms with Crippen LogP contribution in [0.1, 0.15) is 22.8 Å². The second-order valence-corrected chi connectivity index (χ2v) is 4.36. The first-order valence-corrected chi connectivity index (χ1v) is 6.55. The molecule has 0 spiro atoms. The van der Waals surface area contributed by atoms with Gasteiger partial charge in [-0.3, -0.25) is 9.20 Å². The lowest BCUT2D eigenvalue weighted by Crippen LogP contribution is -2.23. The SMILES string of the molecule is CCOC(=O)c1ccc2ccc(COCOC)cn2c1=O. The van der Waals surface area contributed by atoms with Crippen molar-refractivity contribution < 1.29 is 19.0 Å². The molecule has 2 heterocycles. The van der Waals surface area contributed by atoms with Crippen molar-refractivity contribution in [2.75, 3.05) is 20.5 Å². The molecule has 21 heavy (non-hydrogen) atoms. The Balaban J connectivity index is 2.37. The highest BCUT2D eigenvalue weighted by Gasteiger charge is 2.13. The summed E-state index contributed by atoms with van der Waals surface area (Å²) in [5.41, 5.74) is 1.12. The number of rotatable bonds is 6. The zero-order chi connectivity index (χ0) is 15.2. The summed E-state index contributed by atoms with van der Waals surface area (Å²) in [6, 6.07) is 6.83. The first-order valence-electron chi connectivity index (χ1n) is 6.55. The first-order chi connectivity index (χ1) is 10.2. The maximum absolute atomic E-state index is 12.3. The smallest absolute Gasteiger partial charge is 0.343 e. The summed E-state index contributed by atoms with van der Waals surface area (Å²) in [5.74, 6) is -0.613. The average Bonchev–Trinajstić information content (AvgIpc) is 2.48. The third-order valence-corrected chi connectivity index (χ3v) is 2.88. The Hall–Kier alpha value is -2.18. The van der Waals surface area contributed by atoms with E-state index in [4.69, 9.17) is 14.2 Å². The average molecular weight is 291 g/mol. The molecule has 0 aromatic carbocycles. The number of aromatic nitrogens is 1. The highest BCUT2D eigenvalue weighted by atomic mass is 16.7. The van der Waals surface area contributed by atoms with E-state index in [2.05, 4.69) is 0 Å². The number of pyridine rings is 2. The first kappa shape index (κ1) is 15.2. The fraction of sp³-hybridized carbons (Fsp3) is 0.333. The van der Waals surface area contributed by atoms with Gasteiger partial charge in [-0.05, 0) is 30.7 Å². The third-order valence-electron chi connectivity index (χ3n) is 2.88. The number of hydrogen-bond acceptors (Lipinski definition) is 5. The Kier molecular flexibility index (Phi) is 5.08. The minimum Gasteiger partial charge on any atom is -0.462 e. The molecule has 0 saturated heterocycles. The van der Waals surface area contributed by atoms with Gasteiger partial charge in [0.05, 0.1) is 13.2 Å². The van der Waals surface area contributed by atoms with E-state index in [-0.39, 0.29) is 19.0 Å². The van der Waals surface area contributed by atoms with Gasteiger partial charge in [0.25, 0.3) is 5.56 Å². The van der Waals surface area contributed by atoms with Crippen LogP contribution in [0.4, 0.5) is 0 Å². The lowest BCUT2D eigenvalue weighted by Gasteiger charge is -2.07. The molecule has 0 atom stereocenters. The maximum Gasteiger partial charge on any atom is 0.343 e. The third kappa shape index (κ3) is 3.48.